The molecule has 0 atom stereocenters. The Labute approximate surface area is 168 Å². The molecule has 0 aromatic heterocycles. The number of aryl methyl sites for hydroxylation is 3. The number of amidine groups is 2. The van der Waals surface area contributed by atoms with Crippen LogP contribution >= 0.6 is 0 Å². The zero-order valence-corrected chi connectivity index (χ0v) is 17.4. The lowest BCUT2D eigenvalue weighted by atomic mass is 10.0. The van der Waals surface area contributed by atoms with E-state index < -0.39 is 0 Å². The van der Waals surface area contributed by atoms with Crippen molar-refractivity contribution in [2.75, 3.05) is 4.90 Å². The maximum Gasteiger partial charge on any atom is 0.138 e. The van der Waals surface area contributed by atoms with Crippen molar-refractivity contribution < 1.29 is 0 Å². The number of rotatable bonds is 5. The van der Waals surface area contributed by atoms with Crippen LogP contribution in [0.25, 0.3) is 0 Å². The predicted octanol–water partition coefficient (Wildman–Crippen LogP) is 6.50. The Bertz CT molecular complexity index is 957. The van der Waals surface area contributed by atoms with Gasteiger partial charge in [0, 0.05) is 11.1 Å². The first-order valence-electron chi connectivity index (χ1n) is 9.37. The van der Waals surface area contributed by atoms with Gasteiger partial charge in [-0.2, -0.15) is 0 Å². The van der Waals surface area contributed by atoms with E-state index >= 15 is 0 Å². The average molecular weight is 372 g/mol. The molecule has 0 aliphatic heterocycles. The van der Waals surface area contributed by atoms with Gasteiger partial charge in [-0.15, -0.1) is 0 Å². The minimum atomic E-state index is 0.256. The highest BCUT2D eigenvalue weighted by atomic mass is 15.2. The van der Waals surface area contributed by atoms with Gasteiger partial charge >= 0.3 is 0 Å². The molecule has 0 spiro atoms. The first-order chi connectivity index (χ1) is 13.3. The first-order valence-corrected chi connectivity index (χ1v) is 9.37. The number of para-hydroxylation sites is 1. The van der Waals surface area contributed by atoms with Crippen LogP contribution in [-0.2, 0) is 0 Å². The summed E-state index contributed by atoms with van der Waals surface area (Å²) in [5.74, 6) is 0.546. The van der Waals surface area contributed by atoms with Crippen molar-refractivity contribution in [2.24, 2.45) is 0 Å². The van der Waals surface area contributed by atoms with Gasteiger partial charge in [-0.1, -0.05) is 66.8 Å². The second-order valence-corrected chi connectivity index (χ2v) is 7.03. The highest BCUT2D eigenvalue weighted by Gasteiger charge is 2.24. The van der Waals surface area contributed by atoms with Crippen molar-refractivity contribution in [3.8, 4) is 0 Å². The smallest absolute Gasteiger partial charge is 0.138 e. The Morgan fingerprint density at radius 1 is 0.929 bits per heavy atom. The number of benzene rings is 2. The van der Waals surface area contributed by atoms with E-state index in [1.165, 1.54) is 0 Å². The van der Waals surface area contributed by atoms with Gasteiger partial charge in [-0.25, -0.2) is 0 Å². The molecule has 0 heterocycles. The maximum absolute atomic E-state index is 9.01. The molecule has 3 heteroatoms. The summed E-state index contributed by atoms with van der Waals surface area (Å²) in [7, 11) is 0. The lowest BCUT2D eigenvalue weighted by molar-refractivity contribution is 1.22. The van der Waals surface area contributed by atoms with Crippen LogP contribution in [0.4, 0.5) is 5.69 Å². The Hall–Kier alpha value is -3.20. The summed E-state index contributed by atoms with van der Waals surface area (Å²) in [4.78, 5) is 1.74. The molecule has 2 N–H and O–H groups in total. The molecule has 0 unspecified atom stereocenters. The third-order valence-corrected chi connectivity index (χ3v) is 4.53. The molecular formula is C25H29N3. The van der Waals surface area contributed by atoms with Crippen LogP contribution in [0.5, 0.6) is 0 Å². The van der Waals surface area contributed by atoms with E-state index in [4.69, 9.17) is 10.8 Å². The Morgan fingerprint density at radius 2 is 1.50 bits per heavy atom. The zero-order chi connectivity index (χ0) is 20.8. The van der Waals surface area contributed by atoms with Gasteiger partial charge in [0.2, 0.25) is 0 Å². The molecule has 0 amide bonds. The molecule has 0 aliphatic carbocycles. The summed E-state index contributed by atoms with van der Waals surface area (Å²) in [5, 5.41) is 18.0. The molecule has 2 aromatic carbocycles. The van der Waals surface area contributed by atoms with E-state index in [0.29, 0.717) is 0 Å². The van der Waals surface area contributed by atoms with Crippen molar-refractivity contribution in [1.82, 2.24) is 0 Å². The van der Waals surface area contributed by atoms with Gasteiger partial charge in [-0.05, 0) is 57.4 Å². The second-order valence-electron chi connectivity index (χ2n) is 7.03. The number of allylic oxidation sites excluding steroid dienone is 3. The van der Waals surface area contributed by atoms with E-state index in [-0.39, 0.29) is 11.7 Å². The van der Waals surface area contributed by atoms with Crippen LogP contribution in [0.1, 0.15) is 36.1 Å². The molecule has 0 bridgehead atoms. The van der Waals surface area contributed by atoms with Gasteiger partial charge in [0.25, 0.3) is 0 Å². The Morgan fingerprint density at radius 3 is 2.04 bits per heavy atom. The standard InChI is InChI=1S/C25H29N3/c1-7-11-21(16-17(2)3)24(26)28(23-19(5)13-10-14-20(23)6)25(27)22-15-9-8-12-18(22)4/h7-16,26-27H,2H2,1,3-6H3. The number of nitrogens with zero attached hydrogens (tertiary/aromatic N) is 1. The summed E-state index contributed by atoms with van der Waals surface area (Å²) in [6, 6.07) is 13.9. The molecule has 0 fully saturated rings. The Balaban J connectivity index is 2.73. The molecule has 0 radical (unpaired) electrons. The maximum atomic E-state index is 9.01. The fourth-order valence-corrected chi connectivity index (χ4v) is 3.22. The number of hydrogen-bond donors (Lipinski definition) is 2. The highest BCUT2D eigenvalue weighted by Crippen LogP contribution is 2.29. The van der Waals surface area contributed by atoms with Crippen LogP contribution < -0.4 is 4.90 Å². The molecule has 0 aliphatic rings. The van der Waals surface area contributed by atoms with Gasteiger partial charge < -0.3 is 0 Å². The average Bonchev–Trinajstić information content (AvgIpc) is 2.63. The SMILES string of the molecule is C=C(C)C=C(C=CC)C(=N)N(C(=N)c1ccccc1C)c1c(C)cccc1C. The molecule has 144 valence electrons. The van der Waals surface area contributed by atoms with Gasteiger partial charge in [-0.3, -0.25) is 15.7 Å². The van der Waals surface area contributed by atoms with Gasteiger partial charge in [0.05, 0.1) is 5.69 Å². The van der Waals surface area contributed by atoms with E-state index in [2.05, 4.69) is 6.58 Å². The normalized spacial score (nSPS) is 11.5. The fourth-order valence-electron chi connectivity index (χ4n) is 3.22. The molecule has 2 aromatic rings. The number of hydrogen-bond acceptors (Lipinski definition) is 2. The molecule has 0 saturated carbocycles. The first kappa shape index (κ1) is 21.1. The summed E-state index contributed by atoms with van der Waals surface area (Å²) in [5.41, 5.74) is 6.32. The lowest BCUT2D eigenvalue weighted by Gasteiger charge is -2.30. The van der Waals surface area contributed by atoms with E-state index in [1.807, 2.05) is 95.3 Å². The second kappa shape index (κ2) is 9.14. The van der Waals surface area contributed by atoms with Crippen molar-refractivity contribution in [2.45, 2.75) is 34.6 Å². The van der Waals surface area contributed by atoms with Crippen LogP contribution in [0.2, 0.25) is 0 Å². The monoisotopic (exact) mass is 371 g/mol. The van der Waals surface area contributed by atoms with Crippen LogP contribution in [-0.4, -0.2) is 11.7 Å². The quantitative estimate of drug-likeness (QED) is 0.352. The van der Waals surface area contributed by atoms with Crippen LogP contribution in [0, 0.1) is 31.6 Å². The third kappa shape index (κ3) is 4.55. The fraction of sp³-hybridized carbons (Fsp3) is 0.200. The van der Waals surface area contributed by atoms with E-state index in [1.54, 1.807) is 4.90 Å². The molecule has 0 saturated heterocycles. The Kier molecular flexibility index (Phi) is 6.89. The predicted molar refractivity (Wildman–Crippen MR) is 122 cm³/mol. The minimum Gasteiger partial charge on any atom is -0.284 e. The lowest BCUT2D eigenvalue weighted by Crippen LogP contribution is -2.38. The molecule has 3 nitrogen and oxygen atoms in total. The largest absolute Gasteiger partial charge is 0.284 e. The van der Waals surface area contributed by atoms with Gasteiger partial charge in [0.15, 0.2) is 0 Å². The number of anilines is 1. The zero-order valence-electron chi connectivity index (χ0n) is 17.4. The van der Waals surface area contributed by atoms with Crippen LogP contribution in [0.15, 0.2) is 78.4 Å². The molecular weight excluding hydrogens is 342 g/mol. The van der Waals surface area contributed by atoms with Crippen molar-refractivity contribution in [1.29, 1.82) is 10.8 Å². The van der Waals surface area contributed by atoms with E-state index in [0.717, 1.165) is 39.1 Å². The third-order valence-electron chi connectivity index (χ3n) is 4.53. The summed E-state index contributed by atoms with van der Waals surface area (Å²) in [6.07, 6.45) is 5.68. The van der Waals surface area contributed by atoms with Gasteiger partial charge in [0.1, 0.15) is 11.7 Å². The molecule has 2 rings (SSSR count). The highest BCUT2D eigenvalue weighted by molar-refractivity contribution is 6.29. The van der Waals surface area contributed by atoms with Crippen molar-refractivity contribution in [3.63, 3.8) is 0 Å². The molecule has 28 heavy (non-hydrogen) atoms. The van der Waals surface area contributed by atoms with Crippen LogP contribution in [0.3, 0.4) is 0 Å². The van der Waals surface area contributed by atoms with Crippen molar-refractivity contribution >= 4 is 17.4 Å². The topological polar surface area (TPSA) is 50.9 Å². The van der Waals surface area contributed by atoms with E-state index in [9.17, 15) is 0 Å². The minimum absolute atomic E-state index is 0.256. The summed E-state index contributed by atoms with van der Waals surface area (Å²) in [6.45, 7) is 13.8. The summed E-state index contributed by atoms with van der Waals surface area (Å²) >= 11 is 0. The number of nitrogens with one attached hydrogen (secondary N) is 2. The van der Waals surface area contributed by atoms with Crippen molar-refractivity contribution in [3.05, 3.63) is 101 Å². The summed E-state index contributed by atoms with van der Waals surface area (Å²) < 4.78 is 0.